The Morgan fingerprint density at radius 2 is 1.89 bits per heavy atom. The van der Waals surface area contributed by atoms with Gasteiger partial charge in [-0.1, -0.05) is 48.1 Å². The summed E-state index contributed by atoms with van der Waals surface area (Å²) in [4.78, 5) is 29.4. The first-order valence-corrected chi connectivity index (χ1v) is 12.1. The van der Waals surface area contributed by atoms with Crippen LogP contribution in [0.3, 0.4) is 0 Å². The van der Waals surface area contributed by atoms with Crippen LogP contribution in [0.1, 0.15) is 29.6 Å². The predicted molar refractivity (Wildman–Crippen MR) is 134 cm³/mol. The number of hydrogen-bond donors (Lipinski definition) is 2. The maximum absolute atomic E-state index is 15.1. The number of halogens is 1. The molecule has 0 saturated heterocycles. The number of aromatic nitrogens is 1. The minimum Gasteiger partial charge on any atom is -0.497 e. The number of carbonyl (C=O) groups is 2. The lowest BCUT2D eigenvalue weighted by atomic mass is 9.85. The number of benzene rings is 3. The normalized spacial score (nSPS) is 17.4. The molecule has 0 bridgehead atoms. The van der Waals surface area contributed by atoms with Gasteiger partial charge in [0.15, 0.2) is 10.9 Å². The topological polar surface area (TPSA) is 88.5 Å². The second-order valence-corrected chi connectivity index (χ2v) is 9.59. The van der Waals surface area contributed by atoms with E-state index in [1.54, 1.807) is 43.5 Å². The van der Waals surface area contributed by atoms with Gasteiger partial charge in [0.1, 0.15) is 11.6 Å². The second kappa shape index (κ2) is 9.46. The number of carbonyl (C=O) groups excluding carboxylic acids is 1. The van der Waals surface area contributed by atoms with E-state index in [0.29, 0.717) is 41.1 Å². The molecule has 1 aromatic heterocycles. The summed E-state index contributed by atoms with van der Waals surface area (Å²) < 4.78 is 21.3. The molecule has 3 aromatic carbocycles. The number of aliphatic carboxylic acids is 1. The third-order valence-corrected chi connectivity index (χ3v) is 7.41. The van der Waals surface area contributed by atoms with Crippen molar-refractivity contribution in [3.05, 3.63) is 72.0 Å². The van der Waals surface area contributed by atoms with Gasteiger partial charge in [0.05, 0.1) is 28.9 Å². The molecule has 1 heterocycles. The maximum atomic E-state index is 15.1. The first-order chi connectivity index (χ1) is 16.9. The second-order valence-electron chi connectivity index (χ2n) is 8.56. The van der Waals surface area contributed by atoms with Crippen molar-refractivity contribution in [2.45, 2.75) is 19.3 Å². The lowest BCUT2D eigenvalue weighted by Crippen LogP contribution is -2.25. The van der Waals surface area contributed by atoms with E-state index in [1.165, 1.54) is 17.4 Å². The van der Waals surface area contributed by atoms with Crippen LogP contribution < -0.4 is 10.1 Å². The molecule has 35 heavy (non-hydrogen) atoms. The highest BCUT2D eigenvalue weighted by atomic mass is 32.1. The number of rotatable bonds is 7. The molecule has 5 rings (SSSR count). The van der Waals surface area contributed by atoms with Crippen LogP contribution in [0.2, 0.25) is 0 Å². The van der Waals surface area contributed by atoms with E-state index in [2.05, 4.69) is 10.3 Å². The number of nitrogens with one attached hydrogen (secondary N) is 1. The highest BCUT2D eigenvalue weighted by Gasteiger charge is 2.38. The Kier molecular flexibility index (Phi) is 6.21. The van der Waals surface area contributed by atoms with Crippen LogP contribution in [0, 0.1) is 17.7 Å². The SMILES string of the molecule is COc1ccc2nc(Nc3ccc(-c4ccccc4C(=O)[C@@H]4CCC[C@H]4C(=O)O)cc3F)sc2c1. The summed E-state index contributed by atoms with van der Waals surface area (Å²) in [5.41, 5.74) is 2.62. The van der Waals surface area contributed by atoms with Crippen molar-refractivity contribution in [3.8, 4) is 16.9 Å². The molecule has 1 aliphatic rings. The number of Topliss-reactive ketones (excluding diaryl/α,β-unsaturated/α-hetero) is 1. The number of thiazole rings is 1. The molecule has 0 amide bonds. The van der Waals surface area contributed by atoms with Crippen molar-refractivity contribution in [1.29, 1.82) is 0 Å². The predicted octanol–water partition coefficient (Wildman–Crippen LogP) is 6.54. The molecule has 0 radical (unpaired) electrons. The minimum absolute atomic E-state index is 0.196. The Labute approximate surface area is 205 Å². The van der Waals surface area contributed by atoms with E-state index in [-0.39, 0.29) is 11.5 Å². The molecule has 0 unspecified atom stereocenters. The highest BCUT2D eigenvalue weighted by Crippen LogP contribution is 2.38. The number of nitrogens with zero attached hydrogens (tertiary/aromatic N) is 1. The largest absolute Gasteiger partial charge is 0.497 e. The van der Waals surface area contributed by atoms with E-state index in [1.807, 2.05) is 18.2 Å². The Hall–Kier alpha value is -3.78. The Morgan fingerprint density at radius 3 is 2.66 bits per heavy atom. The number of carboxylic acid groups (broad SMARTS) is 1. The molecule has 6 nitrogen and oxygen atoms in total. The standard InChI is InChI=1S/C27H23FN2O4S/c1-34-16-10-12-23-24(14-16)35-27(30-23)29-22-11-9-15(13-21(22)28)17-5-2-3-6-18(17)25(31)19-7-4-8-20(19)26(32)33/h2-3,5-6,9-14,19-20H,4,7-8H2,1H3,(H,29,30)(H,32,33)/t19-,20-/m1/s1. The van der Waals surface area contributed by atoms with Crippen LogP contribution in [0.25, 0.3) is 21.3 Å². The maximum Gasteiger partial charge on any atom is 0.307 e. The van der Waals surface area contributed by atoms with Crippen LogP contribution in [0.15, 0.2) is 60.7 Å². The summed E-state index contributed by atoms with van der Waals surface area (Å²) in [5, 5.41) is 13.1. The molecule has 1 saturated carbocycles. The Morgan fingerprint density at radius 1 is 1.09 bits per heavy atom. The summed E-state index contributed by atoms with van der Waals surface area (Å²) in [7, 11) is 1.60. The Balaban J connectivity index is 1.42. The first kappa shape index (κ1) is 23.0. The number of methoxy groups -OCH3 is 1. The van der Waals surface area contributed by atoms with Crippen molar-refractivity contribution < 1.29 is 23.8 Å². The van der Waals surface area contributed by atoms with Gasteiger partial charge in [0.25, 0.3) is 0 Å². The zero-order valence-electron chi connectivity index (χ0n) is 19.0. The average Bonchev–Trinajstić information content (AvgIpc) is 3.51. The monoisotopic (exact) mass is 490 g/mol. The summed E-state index contributed by atoms with van der Waals surface area (Å²) in [6.45, 7) is 0. The van der Waals surface area contributed by atoms with Gasteiger partial charge in [-0.05, 0) is 54.3 Å². The number of anilines is 2. The fraction of sp³-hybridized carbons (Fsp3) is 0.222. The fourth-order valence-electron chi connectivity index (χ4n) is 4.70. The number of ketones is 1. The number of ether oxygens (including phenoxy) is 1. The number of fused-ring (bicyclic) bond motifs is 1. The van der Waals surface area contributed by atoms with Gasteiger partial charge in [-0.3, -0.25) is 9.59 Å². The van der Waals surface area contributed by atoms with E-state index in [9.17, 15) is 14.7 Å². The lowest BCUT2D eigenvalue weighted by Gasteiger charge is -2.17. The van der Waals surface area contributed by atoms with Gasteiger partial charge in [-0.15, -0.1) is 0 Å². The highest BCUT2D eigenvalue weighted by molar-refractivity contribution is 7.22. The minimum atomic E-state index is -0.937. The van der Waals surface area contributed by atoms with Crippen LogP contribution in [-0.4, -0.2) is 29.0 Å². The van der Waals surface area contributed by atoms with E-state index >= 15 is 4.39 Å². The van der Waals surface area contributed by atoms with Gasteiger partial charge in [0, 0.05) is 11.5 Å². The van der Waals surface area contributed by atoms with Gasteiger partial charge in [-0.25, -0.2) is 9.37 Å². The third kappa shape index (κ3) is 4.49. The van der Waals surface area contributed by atoms with E-state index in [0.717, 1.165) is 16.0 Å². The zero-order chi connectivity index (χ0) is 24.5. The van der Waals surface area contributed by atoms with Crippen molar-refractivity contribution in [2.75, 3.05) is 12.4 Å². The van der Waals surface area contributed by atoms with Crippen LogP contribution in [0.5, 0.6) is 5.75 Å². The summed E-state index contributed by atoms with van der Waals surface area (Å²) in [6.07, 6.45) is 1.76. The summed E-state index contributed by atoms with van der Waals surface area (Å²) in [5.74, 6) is -2.12. The van der Waals surface area contributed by atoms with Crippen molar-refractivity contribution in [2.24, 2.45) is 11.8 Å². The molecule has 8 heteroatoms. The molecule has 4 aromatic rings. The van der Waals surface area contributed by atoms with Crippen molar-refractivity contribution in [1.82, 2.24) is 4.98 Å². The van der Waals surface area contributed by atoms with Crippen LogP contribution in [0.4, 0.5) is 15.2 Å². The molecular formula is C27H23FN2O4S. The van der Waals surface area contributed by atoms with Crippen molar-refractivity contribution in [3.63, 3.8) is 0 Å². The van der Waals surface area contributed by atoms with E-state index < -0.39 is 23.6 Å². The van der Waals surface area contributed by atoms with E-state index in [4.69, 9.17) is 4.74 Å². The molecule has 2 atom stereocenters. The first-order valence-electron chi connectivity index (χ1n) is 11.3. The van der Waals surface area contributed by atoms with Crippen LogP contribution >= 0.6 is 11.3 Å². The molecule has 1 aliphatic carbocycles. The third-order valence-electron chi connectivity index (χ3n) is 6.48. The quantitative estimate of drug-likeness (QED) is 0.286. The molecule has 1 fully saturated rings. The summed E-state index contributed by atoms with van der Waals surface area (Å²) in [6, 6.07) is 17.3. The van der Waals surface area contributed by atoms with Gasteiger partial charge < -0.3 is 15.2 Å². The van der Waals surface area contributed by atoms with Crippen molar-refractivity contribution >= 4 is 44.1 Å². The smallest absolute Gasteiger partial charge is 0.307 e. The van der Waals surface area contributed by atoms with Crippen LogP contribution in [-0.2, 0) is 4.79 Å². The number of hydrogen-bond acceptors (Lipinski definition) is 6. The van der Waals surface area contributed by atoms with Gasteiger partial charge >= 0.3 is 5.97 Å². The fourth-order valence-corrected chi connectivity index (χ4v) is 5.61. The average molecular weight is 491 g/mol. The molecule has 2 N–H and O–H groups in total. The molecular weight excluding hydrogens is 467 g/mol. The Bertz CT molecular complexity index is 1430. The molecule has 0 spiro atoms. The molecule has 0 aliphatic heterocycles. The van der Waals surface area contributed by atoms with Gasteiger partial charge in [0.2, 0.25) is 0 Å². The molecule has 178 valence electrons. The summed E-state index contributed by atoms with van der Waals surface area (Å²) >= 11 is 1.39. The lowest BCUT2D eigenvalue weighted by molar-refractivity contribution is -0.142. The zero-order valence-corrected chi connectivity index (χ0v) is 19.8. The van der Waals surface area contributed by atoms with Gasteiger partial charge in [-0.2, -0.15) is 0 Å². The number of carboxylic acids is 1.